The predicted molar refractivity (Wildman–Crippen MR) is 160 cm³/mol. The molecule has 5 nitrogen and oxygen atoms in total. The zero-order valence-corrected chi connectivity index (χ0v) is 23.2. The summed E-state index contributed by atoms with van der Waals surface area (Å²) < 4.78 is 23.8. The van der Waals surface area contributed by atoms with E-state index in [1.807, 2.05) is 54.6 Å². The van der Waals surface area contributed by atoms with Gasteiger partial charge < -0.3 is 18.6 Å². The lowest BCUT2D eigenvalue weighted by Crippen LogP contribution is -2.05. The molecule has 1 aromatic heterocycles. The highest BCUT2D eigenvalue weighted by Crippen LogP contribution is 2.42. The van der Waals surface area contributed by atoms with Crippen molar-refractivity contribution in [1.82, 2.24) is 0 Å². The number of benzene rings is 4. The van der Waals surface area contributed by atoms with Crippen LogP contribution in [0.5, 0.6) is 17.2 Å². The molecule has 204 valence electrons. The van der Waals surface area contributed by atoms with Crippen LogP contribution in [-0.4, -0.2) is 14.2 Å². The highest BCUT2D eigenvalue weighted by Gasteiger charge is 2.21. The van der Waals surface area contributed by atoms with Gasteiger partial charge in [-0.2, -0.15) is 0 Å². The molecule has 4 aromatic carbocycles. The van der Waals surface area contributed by atoms with E-state index < -0.39 is 0 Å². The van der Waals surface area contributed by atoms with Crippen LogP contribution in [0.25, 0.3) is 33.4 Å². The molecule has 0 aliphatic heterocycles. The monoisotopic (exact) mass is 534 g/mol. The van der Waals surface area contributed by atoms with E-state index in [0.717, 1.165) is 34.4 Å². The zero-order chi connectivity index (χ0) is 27.9. The first-order valence-corrected chi connectivity index (χ1v) is 13.7. The van der Waals surface area contributed by atoms with Crippen molar-refractivity contribution in [2.24, 2.45) is 0 Å². The van der Waals surface area contributed by atoms with E-state index in [-0.39, 0.29) is 5.43 Å². The summed E-state index contributed by atoms with van der Waals surface area (Å²) in [5.41, 5.74) is 5.03. The van der Waals surface area contributed by atoms with E-state index >= 15 is 0 Å². The van der Waals surface area contributed by atoms with Crippen molar-refractivity contribution in [3.05, 3.63) is 112 Å². The number of aryl methyl sites for hydroxylation is 1. The second-order valence-electron chi connectivity index (χ2n) is 9.79. The van der Waals surface area contributed by atoms with Gasteiger partial charge in [-0.1, -0.05) is 74.4 Å². The van der Waals surface area contributed by atoms with Crippen LogP contribution in [0, 0.1) is 0 Å². The highest BCUT2D eigenvalue weighted by atomic mass is 16.5. The minimum atomic E-state index is -0.183. The first-order valence-electron chi connectivity index (χ1n) is 13.7. The molecule has 40 heavy (non-hydrogen) atoms. The number of unbranched alkanes of at least 4 members (excludes halogenated alkanes) is 2. The Morgan fingerprint density at radius 2 is 1.43 bits per heavy atom. The fourth-order valence-electron chi connectivity index (χ4n) is 4.89. The number of hydrogen-bond donors (Lipinski definition) is 0. The molecule has 0 unspecified atom stereocenters. The molecule has 0 fully saturated rings. The summed E-state index contributed by atoms with van der Waals surface area (Å²) in [4.78, 5) is 13.5. The van der Waals surface area contributed by atoms with Gasteiger partial charge in [-0.25, -0.2) is 0 Å². The van der Waals surface area contributed by atoms with Gasteiger partial charge in [0.25, 0.3) is 0 Å². The molecule has 1 heterocycles. The van der Waals surface area contributed by atoms with Crippen LogP contribution in [0.15, 0.2) is 100 Å². The van der Waals surface area contributed by atoms with Crippen LogP contribution in [0.2, 0.25) is 0 Å². The third-order valence-corrected chi connectivity index (χ3v) is 7.07. The summed E-state index contributed by atoms with van der Waals surface area (Å²) in [5, 5.41) is 0.386. The van der Waals surface area contributed by atoms with E-state index in [1.165, 1.54) is 30.9 Å². The first kappa shape index (κ1) is 27.1. The van der Waals surface area contributed by atoms with E-state index in [4.69, 9.17) is 18.6 Å². The van der Waals surface area contributed by atoms with Crippen LogP contribution >= 0.6 is 0 Å². The summed E-state index contributed by atoms with van der Waals surface area (Å²) in [6.45, 7) is 2.69. The van der Waals surface area contributed by atoms with Gasteiger partial charge in [-0.15, -0.1) is 0 Å². The van der Waals surface area contributed by atoms with Crippen LogP contribution < -0.4 is 19.6 Å². The van der Waals surface area contributed by atoms with E-state index in [0.29, 0.717) is 34.8 Å². The average molecular weight is 535 g/mol. The van der Waals surface area contributed by atoms with Gasteiger partial charge in [0.2, 0.25) is 0 Å². The van der Waals surface area contributed by atoms with E-state index in [1.54, 1.807) is 20.3 Å². The van der Waals surface area contributed by atoms with Gasteiger partial charge in [-0.3, -0.25) is 4.79 Å². The van der Waals surface area contributed by atoms with Gasteiger partial charge in [0, 0.05) is 17.7 Å². The second kappa shape index (κ2) is 12.6. The quantitative estimate of drug-likeness (QED) is 0.159. The molecular weight excluding hydrogens is 500 g/mol. The zero-order valence-electron chi connectivity index (χ0n) is 23.2. The van der Waals surface area contributed by atoms with Crippen molar-refractivity contribution >= 4 is 11.0 Å². The Morgan fingerprint density at radius 1 is 0.725 bits per heavy atom. The van der Waals surface area contributed by atoms with Gasteiger partial charge in [-0.05, 0) is 53.8 Å². The minimum Gasteiger partial charge on any atom is -0.496 e. The van der Waals surface area contributed by atoms with Gasteiger partial charge >= 0.3 is 0 Å². The molecule has 0 atom stereocenters. The fraction of sp³-hybridized carbons (Fsp3) is 0.229. The van der Waals surface area contributed by atoms with E-state index in [9.17, 15) is 4.79 Å². The molecule has 0 spiro atoms. The lowest BCUT2D eigenvalue weighted by atomic mass is 9.98. The summed E-state index contributed by atoms with van der Waals surface area (Å²) in [5.74, 6) is 2.18. The Balaban J connectivity index is 1.53. The van der Waals surface area contributed by atoms with Crippen LogP contribution in [0.1, 0.15) is 37.3 Å². The topological polar surface area (TPSA) is 57.9 Å². The van der Waals surface area contributed by atoms with Gasteiger partial charge in [0.1, 0.15) is 35.0 Å². The van der Waals surface area contributed by atoms with Crippen LogP contribution in [0.3, 0.4) is 0 Å². The SMILES string of the molecule is CCCCCc1ccc(-c2c(OC)cc(OC)c3c(=O)cc(-c4ccc(OCc5ccccc5)cc4)oc23)cc1. The Morgan fingerprint density at radius 3 is 2.10 bits per heavy atom. The molecule has 5 heteroatoms. The third-order valence-electron chi connectivity index (χ3n) is 7.07. The second-order valence-corrected chi connectivity index (χ2v) is 9.79. The summed E-state index contributed by atoms with van der Waals surface area (Å²) in [6, 6.07) is 29.2. The third kappa shape index (κ3) is 5.89. The van der Waals surface area contributed by atoms with Crippen LogP contribution in [-0.2, 0) is 13.0 Å². The lowest BCUT2D eigenvalue weighted by molar-refractivity contribution is 0.306. The maximum atomic E-state index is 13.5. The molecular formula is C35H34O5. The maximum absolute atomic E-state index is 13.5. The Kier molecular flexibility index (Phi) is 8.50. The Bertz CT molecular complexity index is 1620. The molecule has 5 rings (SSSR count). The molecule has 0 amide bonds. The van der Waals surface area contributed by atoms with Gasteiger partial charge in [0.15, 0.2) is 11.0 Å². The van der Waals surface area contributed by atoms with Crippen LogP contribution in [0.4, 0.5) is 0 Å². The normalized spacial score (nSPS) is 11.0. The summed E-state index contributed by atoms with van der Waals surface area (Å²) in [6.07, 6.45) is 4.61. The lowest BCUT2D eigenvalue weighted by Gasteiger charge is -2.15. The number of methoxy groups -OCH3 is 2. The largest absolute Gasteiger partial charge is 0.496 e. The fourth-order valence-corrected chi connectivity index (χ4v) is 4.89. The molecule has 0 saturated carbocycles. The van der Waals surface area contributed by atoms with Crippen molar-refractivity contribution in [2.75, 3.05) is 14.2 Å². The smallest absolute Gasteiger partial charge is 0.197 e. The average Bonchev–Trinajstić information content (AvgIpc) is 3.00. The van der Waals surface area contributed by atoms with Crippen molar-refractivity contribution in [2.45, 2.75) is 39.2 Å². The Hall–Kier alpha value is -4.51. The van der Waals surface area contributed by atoms with Crippen molar-refractivity contribution in [1.29, 1.82) is 0 Å². The Labute approximate surface area is 235 Å². The summed E-state index contributed by atoms with van der Waals surface area (Å²) in [7, 11) is 3.15. The maximum Gasteiger partial charge on any atom is 0.197 e. The standard InChI is InChI=1S/C35H34O5/c1-4-5-7-10-24-13-15-27(16-14-24)33-31(37-2)22-32(38-3)34-29(36)21-30(40-35(33)34)26-17-19-28(20-18-26)39-23-25-11-8-6-9-12-25/h6,8-9,11-22H,4-5,7,10,23H2,1-3H3. The number of fused-ring (bicyclic) bond motifs is 1. The molecule has 0 aliphatic rings. The van der Waals surface area contributed by atoms with Gasteiger partial charge in [0.05, 0.1) is 19.8 Å². The number of rotatable bonds is 11. The molecule has 5 aromatic rings. The first-order chi connectivity index (χ1) is 19.6. The predicted octanol–water partition coefficient (Wildman–Crippen LogP) is 8.46. The van der Waals surface area contributed by atoms with Crippen molar-refractivity contribution in [3.63, 3.8) is 0 Å². The number of hydrogen-bond acceptors (Lipinski definition) is 5. The molecule has 0 radical (unpaired) electrons. The van der Waals surface area contributed by atoms with E-state index in [2.05, 4.69) is 31.2 Å². The van der Waals surface area contributed by atoms with Crippen molar-refractivity contribution in [3.8, 4) is 39.7 Å². The highest BCUT2D eigenvalue weighted by molar-refractivity contribution is 5.99. The minimum absolute atomic E-state index is 0.183. The van der Waals surface area contributed by atoms with Crippen molar-refractivity contribution < 1.29 is 18.6 Å². The molecule has 0 aliphatic carbocycles. The molecule has 0 bridgehead atoms. The summed E-state index contributed by atoms with van der Waals surface area (Å²) >= 11 is 0. The molecule has 0 N–H and O–H groups in total. The number of ether oxygens (including phenoxy) is 3. The molecule has 0 saturated heterocycles.